The van der Waals surface area contributed by atoms with Gasteiger partial charge < -0.3 is 10.6 Å². The van der Waals surface area contributed by atoms with Crippen LogP contribution >= 0.6 is 27.7 Å². The van der Waals surface area contributed by atoms with E-state index in [0.717, 1.165) is 20.8 Å². The minimum atomic E-state index is -0.00856. The van der Waals surface area contributed by atoms with Gasteiger partial charge in [-0.15, -0.1) is 11.8 Å². The van der Waals surface area contributed by atoms with E-state index in [1.165, 1.54) is 0 Å². The van der Waals surface area contributed by atoms with E-state index >= 15 is 0 Å². The van der Waals surface area contributed by atoms with Crippen LogP contribution in [0.3, 0.4) is 0 Å². The number of amides is 1. The van der Waals surface area contributed by atoms with Gasteiger partial charge in [0.15, 0.2) is 0 Å². The Balaban J connectivity index is 1.99. The third-order valence-corrected chi connectivity index (χ3v) is 4.64. The fraction of sp³-hybridized carbons (Fsp3) is 0.133. The number of benzene rings is 2. The number of para-hydroxylation sites is 1. The van der Waals surface area contributed by atoms with Gasteiger partial charge in [0.2, 0.25) is 0 Å². The van der Waals surface area contributed by atoms with Crippen LogP contribution < -0.4 is 10.6 Å². The summed E-state index contributed by atoms with van der Waals surface area (Å²) in [4.78, 5) is 15.7. The number of hydrogen-bond acceptors (Lipinski definition) is 3. The van der Waals surface area contributed by atoms with E-state index in [1.807, 2.05) is 29.2 Å². The molecule has 0 radical (unpaired) electrons. The molecule has 0 fully saturated rings. The summed E-state index contributed by atoms with van der Waals surface area (Å²) >= 11 is 5.17. The second kappa shape index (κ2) is 5.50. The van der Waals surface area contributed by atoms with Gasteiger partial charge in [0, 0.05) is 32.9 Å². The van der Waals surface area contributed by atoms with Crippen molar-refractivity contribution in [2.24, 2.45) is 0 Å². The predicted octanol–water partition coefficient (Wildman–Crippen LogP) is 3.78. The molecule has 0 saturated heterocycles. The molecule has 1 heterocycles. The maximum absolute atomic E-state index is 12.7. The molecule has 1 amide bonds. The van der Waals surface area contributed by atoms with Crippen molar-refractivity contribution in [2.75, 3.05) is 22.9 Å². The van der Waals surface area contributed by atoms with Gasteiger partial charge in [-0.3, -0.25) is 4.79 Å². The number of anilines is 2. The third kappa shape index (κ3) is 2.55. The molecule has 0 aliphatic carbocycles. The monoisotopic (exact) mass is 348 g/mol. The summed E-state index contributed by atoms with van der Waals surface area (Å²) in [5.74, 6) is 0.900. The molecule has 0 aromatic heterocycles. The Hall–Kier alpha value is -1.46. The first-order valence-electron chi connectivity index (χ1n) is 6.25. The Labute approximate surface area is 130 Å². The predicted molar refractivity (Wildman–Crippen MR) is 87.4 cm³/mol. The first-order valence-corrected chi connectivity index (χ1v) is 8.03. The molecule has 20 heavy (non-hydrogen) atoms. The number of nitrogen functional groups attached to an aromatic ring is 1. The first kappa shape index (κ1) is 13.5. The number of rotatable bonds is 1. The molecule has 3 nitrogen and oxygen atoms in total. The molecule has 102 valence electrons. The Morgan fingerprint density at radius 2 is 2.05 bits per heavy atom. The van der Waals surface area contributed by atoms with Crippen LogP contribution in [-0.2, 0) is 0 Å². The van der Waals surface area contributed by atoms with E-state index < -0.39 is 0 Å². The molecule has 1 aliphatic heterocycles. The molecule has 2 N–H and O–H groups in total. The summed E-state index contributed by atoms with van der Waals surface area (Å²) in [5, 5.41) is 0. The smallest absolute Gasteiger partial charge is 0.258 e. The second-order valence-electron chi connectivity index (χ2n) is 4.55. The van der Waals surface area contributed by atoms with Gasteiger partial charge in [0.05, 0.1) is 5.69 Å². The molecule has 5 heteroatoms. The van der Waals surface area contributed by atoms with E-state index in [1.54, 1.807) is 23.9 Å². The van der Waals surface area contributed by atoms with Crippen LogP contribution in [0.25, 0.3) is 0 Å². The summed E-state index contributed by atoms with van der Waals surface area (Å²) in [6.45, 7) is 0.715. The standard InChI is InChI=1S/C15H13BrN2OS/c16-11-7-10(8-12(17)9-11)15(19)18-5-6-20-14-4-2-1-3-13(14)18/h1-4,7-9H,5-6,17H2. The van der Waals surface area contributed by atoms with Crippen molar-refractivity contribution in [1.29, 1.82) is 0 Å². The van der Waals surface area contributed by atoms with Crippen molar-refractivity contribution in [3.63, 3.8) is 0 Å². The highest BCUT2D eigenvalue weighted by atomic mass is 79.9. The van der Waals surface area contributed by atoms with Crippen molar-refractivity contribution >= 4 is 45.0 Å². The molecule has 0 saturated carbocycles. The van der Waals surface area contributed by atoms with E-state index in [2.05, 4.69) is 22.0 Å². The van der Waals surface area contributed by atoms with Crippen LogP contribution in [0.5, 0.6) is 0 Å². The minimum Gasteiger partial charge on any atom is -0.399 e. The Kier molecular flexibility index (Phi) is 3.72. The van der Waals surface area contributed by atoms with Crippen molar-refractivity contribution in [1.82, 2.24) is 0 Å². The highest BCUT2D eigenvalue weighted by molar-refractivity contribution is 9.10. The number of thioether (sulfide) groups is 1. The number of halogens is 1. The maximum Gasteiger partial charge on any atom is 0.258 e. The van der Waals surface area contributed by atoms with E-state index in [0.29, 0.717) is 17.8 Å². The Morgan fingerprint density at radius 1 is 1.25 bits per heavy atom. The van der Waals surface area contributed by atoms with Gasteiger partial charge >= 0.3 is 0 Å². The summed E-state index contributed by atoms with van der Waals surface area (Å²) in [7, 11) is 0. The average molecular weight is 349 g/mol. The zero-order chi connectivity index (χ0) is 14.1. The Morgan fingerprint density at radius 3 is 2.85 bits per heavy atom. The van der Waals surface area contributed by atoms with Crippen LogP contribution in [0, 0.1) is 0 Å². The van der Waals surface area contributed by atoms with Gasteiger partial charge in [0.25, 0.3) is 5.91 Å². The topological polar surface area (TPSA) is 46.3 Å². The molecule has 2 aromatic rings. The summed E-state index contributed by atoms with van der Waals surface area (Å²) in [6, 6.07) is 13.3. The highest BCUT2D eigenvalue weighted by Crippen LogP contribution is 2.35. The van der Waals surface area contributed by atoms with Crippen LogP contribution in [-0.4, -0.2) is 18.2 Å². The highest BCUT2D eigenvalue weighted by Gasteiger charge is 2.23. The number of nitrogens with two attached hydrogens (primary N) is 1. The zero-order valence-corrected chi connectivity index (χ0v) is 13.1. The summed E-state index contributed by atoms with van der Waals surface area (Å²) in [5.41, 5.74) is 7.99. The summed E-state index contributed by atoms with van der Waals surface area (Å²) < 4.78 is 0.820. The number of carbonyl (C=O) groups is 1. The van der Waals surface area contributed by atoms with Gasteiger partial charge in [-0.2, -0.15) is 0 Å². The first-order chi connectivity index (χ1) is 9.65. The lowest BCUT2D eigenvalue weighted by Crippen LogP contribution is -2.35. The fourth-order valence-corrected chi connectivity index (χ4v) is 3.78. The lowest BCUT2D eigenvalue weighted by Gasteiger charge is -2.29. The van der Waals surface area contributed by atoms with E-state index in [-0.39, 0.29) is 5.91 Å². The van der Waals surface area contributed by atoms with Gasteiger partial charge in [0.1, 0.15) is 0 Å². The van der Waals surface area contributed by atoms with Crippen molar-refractivity contribution < 1.29 is 4.79 Å². The minimum absolute atomic E-state index is 0.00856. The molecule has 0 unspecified atom stereocenters. The molecule has 0 bridgehead atoms. The molecule has 0 atom stereocenters. The van der Waals surface area contributed by atoms with Crippen LogP contribution in [0.15, 0.2) is 51.8 Å². The molecule has 1 aliphatic rings. The number of carbonyl (C=O) groups excluding carboxylic acids is 1. The zero-order valence-electron chi connectivity index (χ0n) is 10.7. The normalized spacial score (nSPS) is 13.9. The largest absolute Gasteiger partial charge is 0.399 e. The third-order valence-electron chi connectivity index (χ3n) is 3.14. The van der Waals surface area contributed by atoms with E-state index in [4.69, 9.17) is 5.73 Å². The summed E-state index contributed by atoms with van der Waals surface area (Å²) in [6.07, 6.45) is 0. The van der Waals surface area contributed by atoms with Crippen molar-refractivity contribution in [3.05, 3.63) is 52.5 Å². The van der Waals surface area contributed by atoms with Crippen LogP contribution in [0.2, 0.25) is 0 Å². The number of nitrogens with zero attached hydrogens (tertiary/aromatic N) is 1. The van der Waals surface area contributed by atoms with Crippen LogP contribution in [0.1, 0.15) is 10.4 Å². The maximum atomic E-state index is 12.7. The average Bonchev–Trinajstić information content (AvgIpc) is 2.45. The van der Waals surface area contributed by atoms with E-state index in [9.17, 15) is 4.79 Å². The van der Waals surface area contributed by atoms with Gasteiger partial charge in [-0.25, -0.2) is 0 Å². The number of fused-ring (bicyclic) bond motifs is 1. The lowest BCUT2D eigenvalue weighted by molar-refractivity contribution is 0.0987. The lowest BCUT2D eigenvalue weighted by atomic mass is 10.1. The number of hydrogen-bond donors (Lipinski definition) is 1. The van der Waals surface area contributed by atoms with Gasteiger partial charge in [-0.1, -0.05) is 28.1 Å². The van der Waals surface area contributed by atoms with Crippen molar-refractivity contribution in [2.45, 2.75) is 4.90 Å². The fourth-order valence-electron chi connectivity index (χ4n) is 2.27. The quantitative estimate of drug-likeness (QED) is 0.797. The molecular weight excluding hydrogens is 336 g/mol. The molecule has 0 spiro atoms. The molecule has 3 rings (SSSR count). The Bertz CT molecular complexity index is 654. The van der Waals surface area contributed by atoms with Gasteiger partial charge in [-0.05, 0) is 30.3 Å². The van der Waals surface area contributed by atoms with Crippen molar-refractivity contribution in [3.8, 4) is 0 Å². The van der Waals surface area contributed by atoms with Crippen LogP contribution in [0.4, 0.5) is 11.4 Å². The second-order valence-corrected chi connectivity index (χ2v) is 6.60. The molecular formula is C15H13BrN2OS. The SMILES string of the molecule is Nc1cc(Br)cc(C(=O)N2CCSc3ccccc32)c1. The molecule has 2 aromatic carbocycles.